The monoisotopic (exact) mass is 381 g/mol. The Balaban J connectivity index is 2.10. The Bertz CT molecular complexity index is 803. The van der Waals surface area contributed by atoms with Crippen LogP contribution in [0.15, 0.2) is 24.3 Å². The van der Waals surface area contributed by atoms with Crippen LogP contribution < -0.4 is 5.32 Å². The molecule has 1 heterocycles. The SMILES string of the molecule is Cc1nn(-c2ccc(F)cc2)c(Cl)c1C(=O)OCC(=O)N[C@@H](C)C(C)C. The third kappa shape index (κ3) is 4.60. The van der Waals surface area contributed by atoms with Gasteiger partial charge in [-0.05, 0) is 44.0 Å². The van der Waals surface area contributed by atoms with Crippen LogP contribution in [0.2, 0.25) is 5.15 Å². The van der Waals surface area contributed by atoms with Crippen molar-refractivity contribution in [2.45, 2.75) is 33.7 Å². The quantitative estimate of drug-likeness (QED) is 0.779. The normalized spacial score (nSPS) is 12.1. The smallest absolute Gasteiger partial charge is 0.343 e. The van der Waals surface area contributed by atoms with Crippen LogP contribution >= 0.6 is 11.6 Å². The molecule has 1 amide bonds. The zero-order valence-corrected chi connectivity index (χ0v) is 15.8. The van der Waals surface area contributed by atoms with E-state index < -0.39 is 18.4 Å². The van der Waals surface area contributed by atoms with Gasteiger partial charge in [0.1, 0.15) is 16.5 Å². The van der Waals surface area contributed by atoms with E-state index >= 15 is 0 Å². The molecule has 0 fully saturated rings. The van der Waals surface area contributed by atoms with Gasteiger partial charge < -0.3 is 10.1 Å². The molecular formula is C18H21ClFN3O3. The first kappa shape index (κ1) is 19.9. The van der Waals surface area contributed by atoms with Crippen molar-refractivity contribution in [3.8, 4) is 5.69 Å². The first-order chi connectivity index (χ1) is 12.2. The Hall–Kier alpha value is -2.41. The number of nitrogens with one attached hydrogen (secondary N) is 1. The standard InChI is InChI=1S/C18H21ClFN3O3/c1-10(2)11(3)21-15(24)9-26-18(25)16-12(4)22-23(17(16)19)14-7-5-13(20)6-8-14/h5-8,10-11H,9H2,1-4H3,(H,21,24)/t11-/m0/s1. The van der Waals surface area contributed by atoms with E-state index in [1.165, 1.54) is 28.9 Å². The average Bonchev–Trinajstić information content (AvgIpc) is 2.88. The summed E-state index contributed by atoms with van der Waals surface area (Å²) in [5, 5.41) is 6.97. The van der Waals surface area contributed by atoms with Gasteiger partial charge in [-0.15, -0.1) is 0 Å². The molecule has 1 aromatic heterocycles. The van der Waals surface area contributed by atoms with Gasteiger partial charge in [-0.1, -0.05) is 25.4 Å². The lowest BCUT2D eigenvalue weighted by atomic mass is 10.1. The fourth-order valence-electron chi connectivity index (χ4n) is 2.15. The molecule has 2 aromatic rings. The Morgan fingerprint density at radius 2 is 1.88 bits per heavy atom. The zero-order valence-electron chi connectivity index (χ0n) is 15.0. The molecule has 2 rings (SSSR count). The van der Waals surface area contributed by atoms with Crippen LogP contribution in [0.3, 0.4) is 0 Å². The summed E-state index contributed by atoms with van der Waals surface area (Å²) in [5.41, 5.74) is 0.919. The Labute approximate surface area is 156 Å². The van der Waals surface area contributed by atoms with Crippen molar-refractivity contribution in [1.82, 2.24) is 15.1 Å². The number of nitrogens with zero attached hydrogens (tertiary/aromatic N) is 2. The Morgan fingerprint density at radius 3 is 2.46 bits per heavy atom. The maximum Gasteiger partial charge on any atom is 0.343 e. The number of ether oxygens (including phenoxy) is 1. The highest BCUT2D eigenvalue weighted by atomic mass is 35.5. The average molecular weight is 382 g/mol. The molecule has 0 spiro atoms. The van der Waals surface area contributed by atoms with Crippen molar-refractivity contribution in [2.24, 2.45) is 5.92 Å². The highest BCUT2D eigenvalue weighted by Crippen LogP contribution is 2.24. The first-order valence-electron chi connectivity index (χ1n) is 8.18. The molecule has 8 heteroatoms. The minimum atomic E-state index is -0.742. The van der Waals surface area contributed by atoms with Crippen molar-refractivity contribution >= 4 is 23.5 Å². The van der Waals surface area contributed by atoms with Crippen molar-refractivity contribution < 1.29 is 18.7 Å². The highest BCUT2D eigenvalue weighted by Gasteiger charge is 2.23. The predicted octanol–water partition coefficient (Wildman–Crippen LogP) is 3.29. The van der Waals surface area contributed by atoms with Crippen molar-refractivity contribution in [3.63, 3.8) is 0 Å². The summed E-state index contributed by atoms with van der Waals surface area (Å²) >= 11 is 6.25. The van der Waals surface area contributed by atoms with Gasteiger partial charge in [-0.25, -0.2) is 13.9 Å². The number of benzene rings is 1. The lowest BCUT2D eigenvalue weighted by Crippen LogP contribution is -2.38. The van der Waals surface area contributed by atoms with Gasteiger partial charge >= 0.3 is 5.97 Å². The molecule has 0 aliphatic rings. The lowest BCUT2D eigenvalue weighted by molar-refractivity contribution is -0.125. The fraction of sp³-hybridized carbons (Fsp3) is 0.389. The zero-order chi connectivity index (χ0) is 19.4. The number of rotatable bonds is 6. The third-order valence-electron chi connectivity index (χ3n) is 4.00. The largest absolute Gasteiger partial charge is 0.452 e. The number of halogens is 2. The van der Waals surface area contributed by atoms with E-state index in [4.69, 9.17) is 16.3 Å². The minimum Gasteiger partial charge on any atom is -0.452 e. The van der Waals surface area contributed by atoms with Gasteiger partial charge in [-0.2, -0.15) is 5.10 Å². The van der Waals surface area contributed by atoms with Crippen LogP contribution in [0, 0.1) is 18.7 Å². The van der Waals surface area contributed by atoms with E-state index in [2.05, 4.69) is 10.4 Å². The van der Waals surface area contributed by atoms with E-state index in [9.17, 15) is 14.0 Å². The van der Waals surface area contributed by atoms with Gasteiger partial charge in [-0.3, -0.25) is 4.79 Å². The van der Waals surface area contributed by atoms with E-state index in [1.54, 1.807) is 6.92 Å². The highest BCUT2D eigenvalue weighted by molar-refractivity contribution is 6.33. The number of aryl methyl sites for hydroxylation is 1. The summed E-state index contributed by atoms with van der Waals surface area (Å²) in [7, 11) is 0. The molecule has 0 saturated carbocycles. The molecule has 1 N–H and O–H groups in total. The number of carbonyl (C=O) groups is 2. The van der Waals surface area contributed by atoms with Gasteiger partial charge in [0.2, 0.25) is 0 Å². The summed E-state index contributed by atoms with van der Waals surface area (Å²) in [6.45, 7) is 7.02. The number of carbonyl (C=O) groups excluding carboxylic acids is 2. The maximum atomic E-state index is 13.1. The summed E-state index contributed by atoms with van der Waals surface area (Å²) in [6, 6.07) is 5.47. The molecule has 0 unspecified atom stereocenters. The maximum absolute atomic E-state index is 13.1. The summed E-state index contributed by atoms with van der Waals surface area (Å²) in [5.74, 6) is -1.26. The van der Waals surface area contributed by atoms with Crippen LogP contribution in [0.4, 0.5) is 4.39 Å². The van der Waals surface area contributed by atoms with E-state index in [1.807, 2.05) is 20.8 Å². The molecule has 0 radical (unpaired) electrons. The predicted molar refractivity (Wildman–Crippen MR) is 96.0 cm³/mol. The fourth-order valence-corrected chi connectivity index (χ4v) is 2.50. The van der Waals surface area contributed by atoms with Crippen molar-refractivity contribution in [3.05, 3.63) is 46.5 Å². The molecule has 140 valence electrons. The number of esters is 1. The van der Waals surface area contributed by atoms with Gasteiger partial charge in [0, 0.05) is 6.04 Å². The Kier molecular flexibility index (Phi) is 6.37. The second-order valence-electron chi connectivity index (χ2n) is 6.32. The number of aromatic nitrogens is 2. The molecule has 6 nitrogen and oxygen atoms in total. The van der Waals surface area contributed by atoms with Crippen molar-refractivity contribution in [1.29, 1.82) is 0 Å². The van der Waals surface area contributed by atoms with E-state index in [0.717, 1.165) is 0 Å². The van der Waals surface area contributed by atoms with Gasteiger partial charge in [0.25, 0.3) is 5.91 Å². The molecule has 26 heavy (non-hydrogen) atoms. The molecule has 1 aromatic carbocycles. The first-order valence-corrected chi connectivity index (χ1v) is 8.56. The summed E-state index contributed by atoms with van der Waals surface area (Å²) in [6.07, 6.45) is 0. The third-order valence-corrected chi connectivity index (χ3v) is 4.35. The minimum absolute atomic E-state index is 0.0345. The second-order valence-corrected chi connectivity index (χ2v) is 6.67. The second kappa shape index (κ2) is 8.31. The van der Waals surface area contributed by atoms with Gasteiger partial charge in [0.05, 0.1) is 11.4 Å². The van der Waals surface area contributed by atoms with Crippen LogP contribution in [0.1, 0.15) is 36.8 Å². The van der Waals surface area contributed by atoms with E-state index in [-0.39, 0.29) is 28.6 Å². The van der Waals surface area contributed by atoms with E-state index in [0.29, 0.717) is 11.4 Å². The van der Waals surface area contributed by atoms with Crippen LogP contribution in [-0.2, 0) is 9.53 Å². The Morgan fingerprint density at radius 1 is 1.27 bits per heavy atom. The summed E-state index contributed by atoms with van der Waals surface area (Å²) < 4.78 is 19.4. The van der Waals surface area contributed by atoms with Crippen molar-refractivity contribution in [2.75, 3.05) is 6.61 Å². The molecule has 1 atom stereocenters. The number of hydrogen-bond acceptors (Lipinski definition) is 4. The topological polar surface area (TPSA) is 73.2 Å². The molecule has 0 bridgehead atoms. The number of amides is 1. The molecular weight excluding hydrogens is 361 g/mol. The molecule has 0 saturated heterocycles. The van der Waals surface area contributed by atoms with Crippen LogP contribution in [-0.4, -0.2) is 34.3 Å². The van der Waals surface area contributed by atoms with Crippen LogP contribution in [0.5, 0.6) is 0 Å². The number of hydrogen-bond donors (Lipinski definition) is 1. The molecule has 0 aliphatic carbocycles. The van der Waals surface area contributed by atoms with Crippen LogP contribution in [0.25, 0.3) is 5.69 Å². The molecule has 0 aliphatic heterocycles. The lowest BCUT2D eigenvalue weighted by Gasteiger charge is -2.17. The summed E-state index contributed by atoms with van der Waals surface area (Å²) in [4.78, 5) is 24.2. The van der Waals surface area contributed by atoms with Gasteiger partial charge in [0.15, 0.2) is 6.61 Å².